The van der Waals surface area contributed by atoms with Gasteiger partial charge in [0.2, 0.25) is 5.95 Å². The van der Waals surface area contributed by atoms with Gasteiger partial charge < -0.3 is 14.5 Å². The van der Waals surface area contributed by atoms with Crippen LogP contribution in [0.15, 0.2) is 12.4 Å². The van der Waals surface area contributed by atoms with Gasteiger partial charge in [-0.25, -0.2) is 4.68 Å². The Balaban J connectivity index is 1.38. The summed E-state index contributed by atoms with van der Waals surface area (Å²) in [7, 11) is 0. The summed E-state index contributed by atoms with van der Waals surface area (Å²) in [4.78, 5) is 9.50. The number of hydrogen-bond acceptors (Lipinski definition) is 5. The van der Waals surface area contributed by atoms with Crippen LogP contribution in [-0.2, 0) is 4.74 Å². The quantitative estimate of drug-likeness (QED) is 0.819. The molecule has 0 aliphatic carbocycles. The number of rotatable bonds is 2. The molecular weight excluding hydrogens is 266 g/mol. The van der Waals surface area contributed by atoms with Crippen LogP contribution in [0.4, 0.5) is 5.95 Å². The van der Waals surface area contributed by atoms with Gasteiger partial charge in [-0.2, -0.15) is 10.1 Å². The Morgan fingerprint density at radius 1 is 1.05 bits per heavy atom. The minimum Gasteiger partial charge on any atom is -0.381 e. The highest BCUT2D eigenvalue weighted by Gasteiger charge is 2.31. The van der Waals surface area contributed by atoms with E-state index in [9.17, 15) is 0 Å². The van der Waals surface area contributed by atoms with Crippen molar-refractivity contribution >= 4 is 12.1 Å². The van der Waals surface area contributed by atoms with Gasteiger partial charge in [0.1, 0.15) is 6.33 Å². The Morgan fingerprint density at radius 3 is 2.67 bits per heavy atom. The molecule has 4 heterocycles. The molecule has 6 nitrogen and oxygen atoms in total. The van der Waals surface area contributed by atoms with Gasteiger partial charge in [-0.05, 0) is 31.8 Å². The van der Waals surface area contributed by atoms with Crippen molar-refractivity contribution in [1.29, 1.82) is 0 Å². The Hall–Kier alpha value is -1.40. The number of piperidine rings is 1. The second-order valence-electron chi connectivity index (χ2n) is 6.15. The average molecular weight is 289 g/mol. The van der Waals surface area contributed by atoms with Crippen LogP contribution in [0.3, 0.4) is 0 Å². The molecule has 0 atom stereocenters. The predicted molar refractivity (Wildman–Crippen MR) is 81.1 cm³/mol. The fourth-order valence-corrected chi connectivity index (χ4v) is 3.82. The highest BCUT2D eigenvalue weighted by atomic mass is 16.5. The molecule has 21 heavy (non-hydrogen) atoms. The van der Waals surface area contributed by atoms with Crippen molar-refractivity contribution in [3.63, 3.8) is 0 Å². The molecule has 0 amide bonds. The molecule has 0 radical (unpaired) electrons. The summed E-state index contributed by atoms with van der Waals surface area (Å²) in [6, 6.07) is 1.33. The third kappa shape index (κ3) is 2.58. The number of hydrogen-bond donors (Lipinski definition) is 0. The largest absolute Gasteiger partial charge is 0.381 e. The zero-order chi connectivity index (χ0) is 14.1. The summed E-state index contributed by atoms with van der Waals surface area (Å²) in [5.74, 6) is 1.00. The summed E-state index contributed by atoms with van der Waals surface area (Å²) in [6.07, 6.45) is 10.7. The van der Waals surface area contributed by atoms with Crippen LogP contribution < -0.4 is 4.90 Å². The van der Waals surface area contributed by atoms with Gasteiger partial charge in [0.05, 0.1) is 0 Å². The Morgan fingerprint density at radius 2 is 1.86 bits per heavy atom. The Bertz CT molecular complexity index is 500. The molecule has 2 fully saturated rings. The monoisotopic (exact) mass is 289 g/mol. The molecule has 0 aromatic carbocycles. The zero-order valence-electron chi connectivity index (χ0n) is 12.4. The molecule has 3 aliphatic rings. The van der Waals surface area contributed by atoms with E-state index in [1.807, 2.05) is 10.9 Å². The lowest BCUT2D eigenvalue weighted by atomic mass is 9.98. The maximum Gasteiger partial charge on any atom is 0.228 e. The SMILES string of the molecule is C1=Cn2ncnc2N(C2CCN(C3CCOCC3)CC2)C1. The highest BCUT2D eigenvalue weighted by Crippen LogP contribution is 2.26. The van der Waals surface area contributed by atoms with Crippen LogP contribution in [-0.4, -0.2) is 64.6 Å². The Labute approximate surface area is 125 Å². The van der Waals surface area contributed by atoms with Crippen molar-refractivity contribution in [2.75, 3.05) is 37.7 Å². The van der Waals surface area contributed by atoms with E-state index in [1.165, 1.54) is 38.8 Å². The molecule has 0 bridgehead atoms. The van der Waals surface area contributed by atoms with E-state index in [2.05, 4.69) is 26.0 Å². The molecule has 4 rings (SSSR count). The van der Waals surface area contributed by atoms with Crippen LogP contribution in [0.5, 0.6) is 0 Å². The summed E-state index contributed by atoms with van der Waals surface area (Å²) in [5.41, 5.74) is 0. The molecule has 1 aromatic rings. The lowest BCUT2D eigenvalue weighted by Crippen LogP contribution is -2.50. The average Bonchev–Trinajstić information content (AvgIpc) is 3.04. The van der Waals surface area contributed by atoms with Crippen LogP contribution in [0, 0.1) is 0 Å². The van der Waals surface area contributed by atoms with Crippen molar-refractivity contribution in [2.24, 2.45) is 0 Å². The minimum absolute atomic E-state index is 0.592. The van der Waals surface area contributed by atoms with E-state index in [1.54, 1.807) is 6.33 Å². The van der Waals surface area contributed by atoms with E-state index in [4.69, 9.17) is 4.74 Å². The molecule has 1 aromatic heterocycles. The van der Waals surface area contributed by atoms with Gasteiger partial charge in [-0.1, -0.05) is 0 Å². The molecule has 2 saturated heterocycles. The maximum atomic E-state index is 5.48. The van der Waals surface area contributed by atoms with E-state index >= 15 is 0 Å². The van der Waals surface area contributed by atoms with Crippen molar-refractivity contribution in [3.8, 4) is 0 Å². The fraction of sp³-hybridized carbons (Fsp3) is 0.733. The molecule has 3 aliphatic heterocycles. The molecule has 0 unspecified atom stereocenters. The molecular formula is C15H23N5O. The standard InChI is InChI=1S/C15H23N5O/c1-6-19(15-16-12-17-20(15)7-1)14-2-8-18(9-3-14)13-4-10-21-11-5-13/h1,7,12-14H,2-6,8-11H2. The lowest BCUT2D eigenvalue weighted by Gasteiger charge is -2.42. The van der Waals surface area contributed by atoms with Crippen LogP contribution >= 0.6 is 0 Å². The first kappa shape index (κ1) is 13.3. The molecule has 0 spiro atoms. The number of nitrogens with zero attached hydrogens (tertiary/aromatic N) is 5. The lowest BCUT2D eigenvalue weighted by molar-refractivity contribution is 0.0251. The first-order chi connectivity index (χ1) is 10.4. The molecule has 114 valence electrons. The van der Waals surface area contributed by atoms with Crippen molar-refractivity contribution in [3.05, 3.63) is 12.4 Å². The minimum atomic E-state index is 0.592. The van der Waals surface area contributed by atoms with Gasteiger partial charge in [0.15, 0.2) is 0 Å². The van der Waals surface area contributed by atoms with Crippen LogP contribution in [0.1, 0.15) is 25.7 Å². The topological polar surface area (TPSA) is 46.4 Å². The first-order valence-electron chi connectivity index (χ1n) is 8.06. The van der Waals surface area contributed by atoms with Gasteiger partial charge >= 0.3 is 0 Å². The van der Waals surface area contributed by atoms with Crippen LogP contribution in [0.25, 0.3) is 6.20 Å². The Kier molecular flexibility index (Phi) is 3.65. The van der Waals surface area contributed by atoms with E-state index in [0.29, 0.717) is 6.04 Å². The third-order valence-corrected chi connectivity index (χ3v) is 5.01. The number of ether oxygens (including phenoxy) is 1. The number of anilines is 1. The smallest absolute Gasteiger partial charge is 0.228 e. The van der Waals surface area contributed by atoms with Crippen molar-refractivity contribution in [2.45, 2.75) is 37.8 Å². The second kappa shape index (κ2) is 5.77. The normalized spacial score (nSPS) is 25.2. The van der Waals surface area contributed by atoms with E-state index in [0.717, 1.165) is 31.7 Å². The number of fused-ring (bicyclic) bond motifs is 1. The van der Waals surface area contributed by atoms with Gasteiger partial charge in [-0.3, -0.25) is 0 Å². The maximum absolute atomic E-state index is 5.48. The van der Waals surface area contributed by atoms with Crippen molar-refractivity contribution < 1.29 is 4.74 Å². The molecule has 0 N–H and O–H groups in total. The molecule has 6 heteroatoms. The van der Waals surface area contributed by atoms with Crippen LogP contribution in [0.2, 0.25) is 0 Å². The van der Waals surface area contributed by atoms with Gasteiger partial charge in [0, 0.05) is 51.1 Å². The zero-order valence-corrected chi connectivity index (χ0v) is 12.4. The predicted octanol–water partition coefficient (Wildman–Crippen LogP) is 1.21. The summed E-state index contributed by atoms with van der Waals surface area (Å²) in [6.45, 7) is 5.23. The van der Waals surface area contributed by atoms with Crippen molar-refractivity contribution in [1.82, 2.24) is 19.7 Å². The van der Waals surface area contributed by atoms with Gasteiger partial charge in [-0.15, -0.1) is 0 Å². The number of aromatic nitrogens is 3. The van der Waals surface area contributed by atoms with Gasteiger partial charge in [0.25, 0.3) is 0 Å². The second-order valence-corrected chi connectivity index (χ2v) is 6.15. The fourth-order valence-electron chi connectivity index (χ4n) is 3.82. The first-order valence-corrected chi connectivity index (χ1v) is 8.06. The number of likely N-dealkylation sites (tertiary alicyclic amines) is 1. The summed E-state index contributed by atoms with van der Waals surface area (Å²) < 4.78 is 7.36. The third-order valence-electron chi connectivity index (χ3n) is 5.01. The summed E-state index contributed by atoms with van der Waals surface area (Å²) in [5, 5.41) is 4.24. The molecule has 0 saturated carbocycles. The van der Waals surface area contributed by atoms with E-state index in [-0.39, 0.29) is 0 Å². The van der Waals surface area contributed by atoms with E-state index < -0.39 is 0 Å². The summed E-state index contributed by atoms with van der Waals surface area (Å²) >= 11 is 0. The highest BCUT2D eigenvalue weighted by molar-refractivity contribution is 5.45.